The number of nitrogens with two attached hydrogens (primary N) is 1. The molecule has 4 N–H and O–H groups in total. The zero-order chi connectivity index (χ0) is 12.0. The van der Waals surface area contributed by atoms with Crippen molar-refractivity contribution in [2.75, 3.05) is 19.5 Å². The first kappa shape index (κ1) is 12.5. The second-order valence-electron chi connectivity index (χ2n) is 3.61. The molecule has 0 radical (unpaired) electrons. The van der Waals surface area contributed by atoms with E-state index < -0.39 is 0 Å². The number of hydrogen-bond acceptors (Lipinski definition) is 4. The van der Waals surface area contributed by atoms with Crippen LogP contribution in [0.25, 0.3) is 0 Å². The van der Waals surface area contributed by atoms with E-state index in [1.165, 1.54) is 6.20 Å². The maximum atomic E-state index is 11.8. The minimum atomic E-state index is -0.221. The lowest BCUT2D eigenvalue weighted by Crippen LogP contribution is -2.38. The SMILES string of the molecule is CCCC(COC)NC(=O)c1cn[nH]c1N. The van der Waals surface area contributed by atoms with Gasteiger partial charge in [-0.1, -0.05) is 13.3 Å². The molecule has 1 heterocycles. The summed E-state index contributed by atoms with van der Waals surface area (Å²) in [6.45, 7) is 2.55. The number of carbonyl (C=O) groups excluding carboxylic acids is 1. The number of nitrogens with one attached hydrogen (secondary N) is 2. The Hall–Kier alpha value is -1.56. The van der Waals surface area contributed by atoms with E-state index in [4.69, 9.17) is 10.5 Å². The molecule has 1 atom stereocenters. The van der Waals surface area contributed by atoms with Gasteiger partial charge < -0.3 is 15.8 Å². The van der Waals surface area contributed by atoms with Gasteiger partial charge in [-0.2, -0.15) is 5.10 Å². The fourth-order valence-corrected chi connectivity index (χ4v) is 1.49. The Labute approximate surface area is 94.5 Å². The fraction of sp³-hybridized carbons (Fsp3) is 0.600. The summed E-state index contributed by atoms with van der Waals surface area (Å²) in [4.78, 5) is 11.8. The van der Waals surface area contributed by atoms with Crippen LogP contribution in [-0.2, 0) is 4.74 Å². The topological polar surface area (TPSA) is 93.0 Å². The molecule has 0 bridgehead atoms. The minimum absolute atomic E-state index is 0.0109. The number of carbonyl (C=O) groups is 1. The number of hydrogen-bond donors (Lipinski definition) is 3. The third kappa shape index (κ3) is 3.23. The first-order chi connectivity index (χ1) is 7.69. The van der Waals surface area contributed by atoms with Crippen molar-refractivity contribution < 1.29 is 9.53 Å². The molecule has 1 aromatic heterocycles. The summed E-state index contributed by atoms with van der Waals surface area (Å²) in [5, 5.41) is 9.08. The van der Waals surface area contributed by atoms with Crippen LogP contribution in [0.5, 0.6) is 0 Å². The number of rotatable bonds is 6. The summed E-state index contributed by atoms with van der Waals surface area (Å²) in [6.07, 6.45) is 3.27. The number of nitrogens with zero attached hydrogens (tertiary/aromatic N) is 1. The van der Waals surface area contributed by atoms with Crippen LogP contribution in [0.3, 0.4) is 0 Å². The van der Waals surface area contributed by atoms with Gasteiger partial charge in [0.15, 0.2) is 0 Å². The van der Waals surface area contributed by atoms with Gasteiger partial charge in [0.05, 0.1) is 18.8 Å². The van der Waals surface area contributed by atoms with Crippen molar-refractivity contribution in [1.29, 1.82) is 0 Å². The highest BCUT2D eigenvalue weighted by Crippen LogP contribution is 2.07. The molecule has 1 rings (SSSR count). The number of aromatic amines is 1. The zero-order valence-corrected chi connectivity index (χ0v) is 9.62. The first-order valence-corrected chi connectivity index (χ1v) is 5.27. The third-order valence-corrected chi connectivity index (χ3v) is 2.25. The van der Waals surface area contributed by atoms with E-state index >= 15 is 0 Å². The highest BCUT2D eigenvalue weighted by molar-refractivity contribution is 5.98. The van der Waals surface area contributed by atoms with Crippen molar-refractivity contribution in [2.45, 2.75) is 25.8 Å². The lowest BCUT2D eigenvalue weighted by Gasteiger charge is -2.16. The van der Waals surface area contributed by atoms with Crippen LogP contribution < -0.4 is 11.1 Å². The van der Waals surface area contributed by atoms with Gasteiger partial charge in [0.25, 0.3) is 5.91 Å². The molecule has 0 aromatic carbocycles. The maximum absolute atomic E-state index is 11.8. The molecule has 90 valence electrons. The highest BCUT2D eigenvalue weighted by Gasteiger charge is 2.16. The predicted octanol–water partition coefficient (Wildman–Crippen LogP) is 0.537. The first-order valence-electron chi connectivity index (χ1n) is 5.27. The average molecular weight is 226 g/mol. The van der Waals surface area contributed by atoms with Gasteiger partial charge in [0.2, 0.25) is 0 Å². The summed E-state index contributed by atoms with van der Waals surface area (Å²) < 4.78 is 5.04. The Morgan fingerprint density at radius 3 is 3.00 bits per heavy atom. The van der Waals surface area contributed by atoms with Crippen LogP contribution in [0.2, 0.25) is 0 Å². The molecular formula is C10H18N4O2. The third-order valence-electron chi connectivity index (χ3n) is 2.25. The van der Waals surface area contributed by atoms with Crippen LogP contribution in [0.15, 0.2) is 6.20 Å². The van der Waals surface area contributed by atoms with Gasteiger partial charge in [-0.25, -0.2) is 0 Å². The Kier molecular flexibility index (Phi) is 4.78. The van der Waals surface area contributed by atoms with E-state index in [9.17, 15) is 4.79 Å². The second-order valence-corrected chi connectivity index (χ2v) is 3.61. The summed E-state index contributed by atoms with van der Waals surface area (Å²) in [5.74, 6) is 0.0620. The molecule has 0 spiro atoms. The van der Waals surface area contributed by atoms with Crippen molar-refractivity contribution in [3.8, 4) is 0 Å². The Balaban J connectivity index is 2.58. The minimum Gasteiger partial charge on any atom is -0.383 e. The van der Waals surface area contributed by atoms with Gasteiger partial charge in [-0.3, -0.25) is 9.89 Å². The molecule has 6 heteroatoms. The molecule has 6 nitrogen and oxygen atoms in total. The standard InChI is InChI=1S/C10H18N4O2/c1-3-4-7(6-16-2)13-10(15)8-5-12-14-9(8)11/h5,7H,3-4,6H2,1-2H3,(H,13,15)(H3,11,12,14). The lowest BCUT2D eigenvalue weighted by atomic mass is 10.1. The van der Waals surface area contributed by atoms with Crippen molar-refractivity contribution >= 4 is 11.7 Å². The van der Waals surface area contributed by atoms with Crippen LogP contribution in [0.4, 0.5) is 5.82 Å². The molecular weight excluding hydrogens is 208 g/mol. The number of ether oxygens (including phenoxy) is 1. The summed E-state index contributed by atoms with van der Waals surface area (Å²) in [7, 11) is 1.61. The normalized spacial score (nSPS) is 12.4. The molecule has 16 heavy (non-hydrogen) atoms. The number of H-pyrrole nitrogens is 1. The van der Waals surface area contributed by atoms with Gasteiger partial charge in [0.1, 0.15) is 11.4 Å². The molecule has 0 aliphatic rings. The van der Waals surface area contributed by atoms with Crippen LogP contribution in [0, 0.1) is 0 Å². The smallest absolute Gasteiger partial charge is 0.256 e. The van der Waals surface area contributed by atoms with Crippen LogP contribution >= 0.6 is 0 Å². The summed E-state index contributed by atoms with van der Waals surface area (Å²) in [6, 6.07) is 0.0109. The molecule has 1 aromatic rings. The largest absolute Gasteiger partial charge is 0.383 e. The van der Waals surface area contributed by atoms with E-state index in [-0.39, 0.29) is 17.8 Å². The Bertz CT molecular complexity index is 331. The van der Waals surface area contributed by atoms with E-state index in [1.807, 2.05) is 0 Å². The quantitative estimate of drug-likeness (QED) is 0.660. The van der Waals surface area contributed by atoms with E-state index in [2.05, 4.69) is 22.4 Å². The van der Waals surface area contributed by atoms with Crippen LogP contribution in [0.1, 0.15) is 30.1 Å². The van der Waals surface area contributed by atoms with Gasteiger partial charge in [-0.05, 0) is 6.42 Å². The van der Waals surface area contributed by atoms with E-state index in [1.54, 1.807) is 7.11 Å². The molecule has 0 aliphatic carbocycles. The monoisotopic (exact) mass is 226 g/mol. The average Bonchev–Trinajstić information content (AvgIpc) is 2.65. The molecule has 1 unspecified atom stereocenters. The van der Waals surface area contributed by atoms with E-state index in [0.29, 0.717) is 12.2 Å². The summed E-state index contributed by atoms with van der Waals surface area (Å²) in [5.41, 5.74) is 5.93. The number of methoxy groups -OCH3 is 1. The van der Waals surface area contributed by atoms with Gasteiger partial charge >= 0.3 is 0 Å². The maximum Gasteiger partial charge on any atom is 0.256 e. The van der Waals surface area contributed by atoms with Crippen molar-refractivity contribution in [3.63, 3.8) is 0 Å². The van der Waals surface area contributed by atoms with Crippen LogP contribution in [-0.4, -0.2) is 35.9 Å². The predicted molar refractivity (Wildman–Crippen MR) is 61.0 cm³/mol. The molecule has 0 saturated carbocycles. The molecule has 1 amide bonds. The highest BCUT2D eigenvalue weighted by atomic mass is 16.5. The summed E-state index contributed by atoms with van der Waals surface area (Å²) >= 11 is 0. The molecule has 0 fully saturated rings. The number of aromatic nitrogens is 2. The fourth-order valence-electron chi connectivity index (χ4n) is 1.49. The molecule has 0 aliphatic heterocycles. The van der Waals surface area contributed by atoms with Gasteiger partial charge in [-0.15, -0.1) is 0 Å². The van der Waals surface area contributed by atoms with Crippen molar-refractivity contribution in [2.24, 2.45) is 0 Å². The molecule has 0 saturated heterocycles. The van der Waals surface area contributed by atoms with Crippen molar-refractivity contribution in [3.05, 3.63) is 11.8 Å². The number of nitrogen functional groups attached to an aromatic ring is 1. The zero-order valence-electron chi connectivity index (χ0n) is 9.62. The number of amides is 1. The van der Waals surface area contributed by atoms with Crippen molar-refractivity contribution in [1.82, 2.24) is 15.5 Å². The number of anilines is 1. The Morgan fingerprint density at radius 1 is 1.75 bits per heavy atom. The van der Waals surface area contributed by atoms with E-state index in [0.717, 1.165) is 12.8 Å². The Morgan fingerprint density at radius 2 is 2.50 bits per heavy atom. The lowest BCUT2D eigenvalue weighted by molar-refractivity contribution is 0.0892. The van der Waals surface area contributed by atoms with Gasteiger partial charge in [0, 0.05) is 7.11 Å². The second kappa shape index (κ2) is 6.12.